The van der Waals surface area contributed by atoms with Gasteiger partial charge in [-0.25, -0.2) is 14.4 Å². The normalized spacial score (nSPS) is 17.4. The lowest BCUT2D eigenvalue weighted by atomic mass is 10.2. The third kappa shape index (κ3) is 3.36. The van der Waals surface area contributed by atoms with Crippen LogP contribution < -0.4 is 4.90 Å². The van der Waals surface area contributed by atoms with Crippen LogP contribution in [0.15, 0.2) is 12.4 Å². The van der Waals surface area contributed by atoms with E-state index in [4.69, 9.17) is 0 Å². The molecule has 0 spiro atoms. The lowest BCUT2D eigenvalue weighted by Crippen LogP contribution is -2.47. The molecule has 0 N–H and O–H groups in total. The lowest BCUT2D eigenvalue weighted by molar-refractivity contribution is 0.253. The smallest absolute Gasteiger partial charge is 0.225 e. The van der Waals surface area contributed by atoms with Gasteiger partial charge in [-0.3, -0.25) is 4.90 Å². The Balaban J connectivity index is 1.84. The maximum Gasteiger partial charge on any atom is 0.225 e. The highest BCUT2D eigenvalue weighted by Gasteiger charge is 2.18. The Morgan fingerprint density at radius 3 is 2.41 bits per heavy atom. The average molecular weight is 238 g/mol. The zero-order valence-electron chi connectivity index (χ0n) is 10.3. The van der Waals surface area contributed by atoms with Gasteiger partial charge in [0.1, 0.15) is 0 Å². The maximum atomic E-state index is 12.7. The van der Waals surface area contributed by atoms with E-state index in [1.54, 1.807) is 0 Å². The molecule has 0 atom stereocenters. The standard InChI is InChI=1S/C12H19FN4/c1-2-3-4-16-5-7-17(8-6-16)12-14-9-11(13)10-15-12/h9-10H,2-8H2,1H3. The summed E-state index contributed by atoms with van der Waals surface area (Å²) in [7, 11) is 0. The third-order valence-corrected chi connectivity index (χ3v) is 3.09. The molecule has 1 saturated heterocycles. The van der Waals surface area contributed by atoms with Crippen LogP contribution in [0.25, 0.3) is 0 Å². The number of unbranched alkanes of at least 4 members (excludes halogenated alkanes) is 1. The van der Waals surface area contributed by atoms with Crippen LogP contribution in [0.3, 0.4) is 0 Å². The van der Waals surface area contributed by atoms with Gasteiger partial charge in [0.2, 0.25) is 5.95 Å². The first-order chi connectivity index (χ1) is 8.29. The van der Waals surface area contributed by atoms with Crippen molar-refractivity contribution in [2.75, 3.05) is 37.6 Å². The molecule has 1 aliphatic heterocycles. The van der Waals surface area contributed by atoms with E-state index < -0.39 is 0 Å². The summed E-state index contributed by atoms with van der Waals surface area (Å²) >= 11 is 0. The van der Waals surface area contributed by atoms with Crippen molar-refractivity contribution in [3.8, 4) is 0 Å². The maximum absolute atomic E-state index is 12.7. The van der Waals surface area contributed by atoms with Gasteiger partial charge in [0.25, 0.3) is 0 Å². The zero-order valence-corrected chi connectivity index (χ0v) is 10.3. The van der Waals surface area contributed by atoms with E-state index in [1.807, 2.05) is 0 Å². The molecular formula is C12H19FN4. The molecule has 0 radical (unpaired) electrons. The number of anilines is 1. The minimum atomic E-state index is -0.379. The molecule has 5 heteroatoms. The van der Waals surface area contributed by atoms with Crippen LogP contribution in [0.2, 0.25) is 0 Å². The van der Waals surface area contributed by atoms with Crippen LogP contribution in [0, 0.1) is 5.82 Å². The van der Waals surface area contributed by atoms with Gasteiger partial charge in [0, 0.05) is 26.2 Å². The first kappa shape index (κ1) is 12.2. The second-order valence-electron chi connectivity index (χ2n) is 4.38. The molecule has 0 amide bonds. The fourth-order valence-corrected chi connectivity index (χ4v) is 2.02. The Morgan fingerprint density at radius 1 is 1.18 bits per heavy atom. The summed E-state index contributed by atoms with van der Waals surface area (Å²) in [6.45, 7) is 7.32. The average Bonchev–Trinajstić information content (AvgIpc) is 2.38. The monoisotopic (exact) mass is 238 g/mol. The Morgan fingerprint density at radius 2 is 1.82 bits per heavy atom. The molecule has 2 heterocycles. The molecule has 94 valence electrons. The highest BCUT2D eigenvalue weighted by Crippen LogP contribution is 2.10. The number of rotatable bonds is 4. The van der Waals surface area contributed by atoms with E-state index in [2.05, 4.69) is 26.7 Å². The molecule has 0 aliphatic carbocycles. The number of aromatic nitrogens is 2. The van der Waals surface area contributed by atoms with Crippen molar-refractivity contribution in [2.45, 2.75) is 19.8 Å². The Bertz CT molecular complexity index is 333. The van der Waals surface area contributed by atoms with Crippen LogP contribution in [-0.4, -0.2) is 47.6 Å². The molecule has 1 aromatic heterocycles. The van der Waals surface area contributed by atoms with Crippen molar-refractivity contribution in [2.24, 2.45) is 0 Å². The summed E-state index contributed by atoms with van der Waals surface area (Å²) in [6.07, 6.45) is 4.95. The molecule has 0 unspecified atom stereocenters. The van der Waals surface area contributed by atoms with E-state index >= 15 is 0 Å². The van der Waals surface area contributed by atoms with E-state index in [0.29, 0.717) is 5.95 Å². The molecule has 4 nitrogen and oxygen atoms in total. The summed E-state index contributed by atoms with van der Waals surface area (Å²) < 4.78 is 12.7. The predicted octanol–water partition coefficient (Wildman–Crippen LogP) is 1.54. The minimum absolute atomic E-state index is 0.379. The lowest BCUT2D eigenvalue weighted by Gasteiger charge is -2.34. The SMILES string of the molecule is CCCCN1CCN(c2ncc(F)cn2)CC1. The van der Waals surface area contributed by atoms with Crippen molar-refractivity contribution in [1.82, 2.24) is 14.9 Å². The largest absolute Gasteiger partial charge is 0.338 e. The fourth-order valence-electron chi connectivity index (χ4n) is 2.02. The van der Waals surface area contributed by atoms with Gasteiger partial charge in [-0.1, -0.05) is 13.3 Å². The Kier molecular flexibility index (Phi) is 4.25. The highest BCUT2D eigenvalue weighted by atomic mass is 19.1. The molecule has 17 heavy (non-hydrogen) atoms. The van der Waals surface area contributed by atoms with Crippen molar-refractivity contribution in [1.29, 1.82) is 0 Å². The van der Waals surface area contributed by atoms with Gasteiger partial charge in [0.05, 0.1) is 12.4 Å². The van der Waals surface area contributed by atoms with E-state index in [0.717, 1.165) is 26.2 Å². The van der Waals surface area contributed by atoms with Crippen molar-refractivity contribution < 1.29 is 4.39 Å². The van der Waals surface area contributed by atoms with Gasteiger partial charge in [-0.05, 0) is 13.0 Å². The van der Waals surface area contributed by atoms with Gasteiger partial charge in [0.15, 0.2) is 5.82 Å². The van der Waals surface area contributed by atoms with Crippen molar-refractivity contribution in [3.63, 3.8) is 0 Å². The van der Waals surface area contributed by atoms with Gasteiger partial charge in [-0.2, -0.15) is 0 Å². The molecule has 0 bridgehead atoms. The van der Waals surface area contributed by atoms with E-state index in [-0.39, 0.29) is 5.82 Å². The highest BCUT2D eigenvalue weighted by molar-refractivity contribution is 5.29. The fraction of sp³-hybridized carbons (Fsp3) is 0.667. The summed E-state index contributed by atoms with van der Waals surface area (Å²) in [5.74, 6) is 0.261. The van der Waals surface area contributed by atoms with Crippen LogP contribution in [-0.2, 0) is 0 Å². The zero-order chi connectivity index (χ0) is 12.1. The molecule has 1 fully saturated rings. The second-order valence-corrected chi connectivity index (χ2v) is 4.38. The number of hydrogen-bond donors (Lipinski definition) is 0. The number of hydrogen-bond acceptors (Lipinski definition) is 4. The van der Waals surface area contributed by atoms with Crippen LogP contribution in [0.1, 0.15) is 19.8 Å². The first-order valence-corrected chi connectivity index (χ1v) is 6.24. The minimum Gasteiger partial charge on any atom is -0.338 e. The topological polar surface area (TPSA) is 32.3 Å². The molecular weight excluding hydrogens is 219 g/mol. The molecule has 2 rings (SSSR count). The Hall–Kier alpha value is -1.23. The number of halogens is 1. The van der Waals surface area contributed by atoms with Crippen molar-refractivity contribution in [3.05, 3.63) is 18.2 Å². The quantitative estimate of drug-likeness (QED) is 0.796. The third-order valence-electron chi connectivity index (χ3n) is 3.09. The summed E-state index contributed by atoms with van der Waals surface area (Å²) in [5.41, 5.74) is 0. The summed E-state index contributed by atoms with van der Waals surface area (Å²) in [6, 6.07) is 0. The van der Waals surface area contributed by atoms with E-state index in [1.165, 1.54) is 31.8 Å². The summed E-state index contributed by atoms with van der Waals surface area (Å²) in [5, 5.41) is 0. The van der Waals surface area contributed by atoms with Crippen molar-refractivity contribution >= 4 is 5.95 Å². The van der Waals surface area contributed by atoms with Gasteiger partial charge < -0.3 is 4.90 Å². The predicted molar refractivity (Wildman–Crippen MR) is 65.6 cm³/mol. The first-order valence-electron chi connectivity index (χ1n) is 6.24. The molecule has 0 saturated carbocycles. The number of piperazine rings is 1. The number of nitrogens with zero attached hydrogens (tertiary/aromatic N) is 4. The summed E-state index contributed by atoms with van der Waals surface area (Å²) in [4.78, 5) is 12.6. The van der Waals surface area contributed by atoms with E-state index in [9.17, 15) is 4.39 Å². The van der Waals surface area contributed by atoms with Gasteiger partial charge in [-0.15, -0.1) is 0 Å². The molecule has 1 aromatic rings. The van der Waals surface area contributed by atoms with Gasteiger partial charge >= 0.3 is 0 Å². The van der Waals surface area contributed by atoms with Crippen LogP contribution in [0.4, 0.5) is 10.3 Å². The second kappa shape index (κ2) is 5.91. The van der Waals surface area contributed by atoms with Crippen LogP contribution in [0.5, 0.6) is 0 Å². The Labute approximate surface area is 101 Å². The molecule has 1 aliphatic rings. The van der Waals surface area contributed by atoms with Crippen LogP contribution >= 0.6 is 0 Å². The molecule has 0 aromatic carbocycles.